The maximum Gasteiger partial charge on any atom is 0.0691 e. The molecular formula is C14H26N2O2. The van der Waals surface area contributed by atoms with Crippen molar-refractivity contribution in [1.82, 2.24) is 4.90 Å². The molecule has 1 saturated heterocycles. The average Bonchev–Trinajstić information content (AvgIpc) is 2.77. The maximum atomic E-state index is 9.13. The summed E-state index contributed by atoms with van der Waals surface area (Å²) in [5.41, 5.74) is 6.48. The zero-order valence-electron chi connectivity index (χ0n) is 11.6. The first-order valence-electron chi connectivity index (χ1n) is 6.82. The standard InChI is InChI=1S/C14H26N2O2/c1-4-6-16(7-8-17)10-14(15)11-5-9-18-12(11)13(14,2)3/h4,11-12,17H,1,5-10,15H2,2-3H3. The Bertz CT molecular complexity index is 319. The minimum atomic E-state index is -0.216. The molecular weight excluding hydrogens is 228 g/mol. The smallest absolute Gasteiger partial charge is 0.0691 e. The third-order valence-electron chi connectivity index (χ3n) is 4.95. The summed E-state index contributed by atoms with van der Waals surface area (Å²) in [7, 11) is 0. The first-order valence-corrected chi connectivity index (χ1v) is 6.82. The van der Waals surface area contributed by atoms with Crippen LogP contribution in [0.3, 0.4) is 0 Å². The lowest BCUT2D eigenvalue weighted by Gasteiger charge is -2.63. The van der Waals surface area contributed by atoms with Gasteiger partial charge in [0.1, 0.15) is 0 Å². The van der Waals surface area contributed by atoms with Crippen molar-refractivity contribution < 1.29 is 9.84 Å². The number of nitrogens with two attached hydrogens (primary N) is 1. The Morgan fingerprint density at radius 1 is 1.56 bits per heavy atom. The number of fused-ring (bicyclic) bond motifs is 1. The summed E-state index contributed by atoms with van der Waals surface area (Å²) in [5.74, 6) is 0.457. The van der Waals surface area contributed by atoms with Crippen LogP contribution in [-0.4, -0.2) is 54.5 Å². The predicted octanol–water partition coefficient (Wildman–Crippen LogP) is 0.609. The fourth-order valence-corrected chi connectivity index (χ4v) is 3.72. The lowest BCUT2D eigenvalue weighted by atomic mass is 9.48. The highest BCUT2D eigenvalue weighted by atomic mass is 16.5. The SMILES string of the molecule is C=CCN(CCO)CC1(N)C2CCOC2C1(C)C. The molecule has 18 heavy (non-hydrogen) atoms. The van der Waals surface area contributed by atoms with Gasteiger partial charge in [0.15, 0.2) is 0 Å². The molecule has 3 atom stereocenters. The van der Waals surface area contributed by atoms with Gasteiger partial charge in [0.25, 0.3) is 0 Å². The highest BCUT2D eigenvalue weighted by Crippen LogP contribution is 2.58. The molecule has 4 heteroatoms. The van der Waals surface area contributed by atoms with Gasteiger partial charge in [0.2, 0.25) is 0 Å². The van der Waals surface area contributed by atoms with E-state index in [1.807, 2.05) is 6.08 Å². The van der Waals surface area contributed by atoms with Crippen LogP contribution in [0.25, 0.3) is 0 Å². The second kappa shape index (κ2) is 4.93. The lowest BCUT2D eigenvalue weighted by molar-refractivity contribution is -0.163. The lowest BCUT2D eigenvalue weighted by Crippen LogP contribution is -2.78. The van der Waals surface area contributed by atoms with Gasteiger partial charge in [0, 0.05) is 43.1 Å². The molecule has 1 aliphatic carbocycles. The number of aliphatic hydroxyl groups excluding tert-OH is 1. The molecule has 1 heterocycles. The van der Waals surface area contributed by atoms with Crippen LogP contribution < -0.4 is 5.73 Å². The summed E-state index contributed by atoms with van der Waals surface area (Å²) in [5, 5.41) is 9.13. The Morgan fingerprint density at radius 3 is 2.89 bits per heavy atom. The quantitative estimate of drug-likeness (QED) is 0.682. The third kappa shape index (κ3) is 1.92. The fourth-order valence-electron chi connectivity index (χ4n) is 3.72. The van der Waals surface area contributed by atoms with E-state index in [9.17, 15) is 0 Å². The molecule has 3 unspecified atom stereocenters. The zero-order chi connectivity index (χ0) is 13.4. The Balaban J connectivity index is 2.08. The monoisotopic (exact) mass is 254 g/mol. The summed E-state index contributed by atoms with van der Waals surface area (Å²) in [6.45, 7) is 11.4. The minimum absolute atomic E-state index is 0.00302. The van der Waals surface area contributed by atoms with Crippen molar-refractivity contribution in [2.45, 2.75) is 31.9 Å². The van der Waals surface area contributed by atoms with Crippen LogP contribution in [0, 0.1) is 11.3 Å². The van der Waals surface area contributed by atoms with Crippen molar-refractivity contribution in [3.63, 3.8) is 0 Å². The van der Waals surface area contributed by atoms with E-state index in [0.717, 1.165) is 26.1 Å². The molecule has 2 fully saturated rings. The summed E-state index contributed by atoms with van der Waals surface area (Å²) >= 11 is 0. The zero-order valence-corrected chi connectivity index (χ0v) is 11.6. The highest BCUT2D eigenvalue weighted by Gasteiger charge is 2.67. The number of ether oxygens (including phenoxy) is 1. The van der Waals surface area contributed by atoms with Crippen LogP contribution >= 0.6 is 0 Å². The molecule has 2 aliphatic rings. The second-order valence-electron chi connectivity index (χ2n) is 6.20. The maximum absolute atomic E-state index is 9.13. The topological polar surface area (TPSA) is 58.7 Å². The molecule has 0 aromatic carbocycles. The van der Waals surface area contributed by atoms with E-state index in [2.05, 4.69) is 25.3 Å². The van der Waals surface area contributed by atoms with E-state index in [4.69, 9.17) is 15.6 Å². The van der Waals surface area contributed by atoms with Crippen molar-refractivity contribution in [1.29, 1.82) is 0 Å². The van der Waals surface area contributed by atoms with Gasteiger partial charge in [-0.2, -0.15) is 0 Å². The van der Waals surface area contributed by atoms with Crippen LogP contribution in [0.2, 0.25) is 0 Å². The fraction of sp³-hybridized carbons (Fsp3) is 0.857. The molecule has 1 aliphatic heterocycles. The molecule has 0 aromatic rings. The van der Waals surface area contributed by atoms with Gasteiger partial charge < -0.3 is 15.6 Å². The number of nitrogens with zero attached hydrogens (tertiary/aromatic N) is 1. The van der Waals surface area contributed by atoms with Gasteiger partial charge in [-0.05, 0) is 6.42 Å². The third-order valence-corrected chi connectivity index (χ3v) is 4.95. The average molecular weight is 254 g/mol. The van der Waals surface area contributed by atoms with Gasteiger partial charge in [-0.25, -0.2) is 0 Å². The molecule has 2 rings (SSSR count). The van der Waals surface area contributed by atoms with Crippen molar-refractivity contribution in [2.75, 3.05) is 32.8 Å². The molecule has 0 spiro atoms. The number of aliphatic hydroxyl groups is 1. The molecule has 0 bridgehead atoms. The highest BCUT2D eigenvalue weighted by molar-refractivity contribution is 5.21. The number of hydrogen-bond donors (Lipinski definition) is 2. The second-order valence-corrected chi connectivity index (χ2v) is 6.20. The van der Waals surface area contributed by atoms with E-state index in [-0.39, 0.29) is 17.6 Å². The normalized spacial score (nSPS) is 37.4. The molecule has 0 radical (unpaired) electrons. The van der Waals surface area contributed by atoms with Gasteiger partial charge >= 0.3 is 0 Å². The summed E-state index contributed by atoms with van der Waals surface area (Å²) in [4.78, 5) is 2.18. The molecule has 0 amide bonds. The number of rotatable bonds is 6. The Morgan fingerprint density at radius 2 is 2.28 bits per heavy atom. The Kier molecular flexibility index (Phi) is 3.83. The molecule has 4 nitrogen and oxygen atoms in total. The van der Waals surface area contributed by atoms with Crippen LogP contribution in [0.4, 0.5) is 0 Å². The van der Waals surface area contributed by atoms with Crippen LogP contribution in [0.1, 0.15) is 20.3 Å². The Hall–Kier alpha value is -0.420. The van der Waals surface area contributed by atoms with Crippen molar-refractivity contribution in [3.05, 3.63) is 12.7 Å². The van der Waals surface area contributed by atoms with Crippen molar-refractivity contribution >= 4 is 0 Å². The summed E-state index contributed by atoms with van der Waals surface area (Å²) < 4.78 is 5.80. The van der Waals surface area contributed by atoms with E-state index in [0.29, 0.717) is 18.6 Å². The van der Waals surface area contributed by atoms with Crippen LogP contribution in [-0.2, 0) is 4.74 Å². The van der Waals surface area contributed by atoms with E-state index < -0.39 is 0 Å². The van der Waals surface area contributed by atoms with E-state index in [1.165, 1.54) is 0 Å². The number of hydrogen-bond acceptors (Lipinski definition) is 4. The van der Waals surface area contributed by atoms with Gasteiger partial charge in [-0.3, -0.25) is 4.90 Å². The molecule has 3 N–H and O–H groups in total. The van der Waals surface area contributed by atoms with Crippen molar-refractivity contribution in [2.24, 2.45) is 17.1 Å². The minimum Gasteiger partial charge on any atom is -0.395 e. The van der Waals surface area contributed by atoms with Gasteiger partial charge in [-0.1, -0.05) is 19.9 Å². The first kappa shape index (κ1) is 14.0. The molecule has 0 aromatic heterocycles. The van der Waals surface area contributed by atoms with Gasteiger partial charge in [0.05, 0.1) is 12.7 Å². The predicted molar refractivity (Wildman–Crippen MR) is 72.3 cm³/mol. The summed E-state index contributed by atoms with van der Waals surface area (Å²) in [6.07, 6.45) is 3.24. The summed E-state index contributed by atoms with van der Waals surface area (Å²) in [6, 6.07) is 0. The Labute approximate surface area is 110 Å². The van der Waals surface area contributed by atoms with Crippen molar-refractivity contribution in [3.8, 4) is 0 Å². The first-order chi connectivity index (χ1) is 8.47. The molecule has 104 valence electrons. The van der Waals surface area contributed by atoms with Crippen LogP contribution in [0.15, 0.2) is 12.7 Å². The van der Waals surface area contributed by atoms with Crippen LogP contribution in [0.5, 0.6) is 0 Å². The largest absolute Gasteiger partial charge is 0.395 e. The van der Waals surface area contributed by atoms with E-state index in [1.54, 1.807) is 0 Å². The van der Waals surface area contributed by atoms with E-state index >= 15 is 0 Å². The van der Waals surface area contributed by atoms with Gasteiger partial charge in [-0.15, -0.1) is 6.58 Å². The molecule has 1 saturated carbocycles.